The van der Waals surface area contributed by atoms with Crippen molar-refractivity contribution in [3.8, 4) is 0 Å². The van der Waals surface area contributed by atoms with Gasteiger partial charge in [0.25, 0.3) is 5.91 Å². The lowest BCUT2D eigenvalue weighted by Crippen LogP contribution is -2.46. The van der Waals surface area contributed by atoms with E-state index in [0.717, 1.165) is 12.8 Å². The standard InChI is InChI=1S/C14H28FNO/c1-13(2,3)10-8-9-11(15)12(17)16(7)14(4,5)6/h11H,8-10H2,1-7H3/t11-/m1/s1. The highest BCUT2D eigenvalue weighted by Crippen LogP contribution is 2.23. The minimum atomic E-state index is -1.36. The predicted octanol–water partition coefficient (Wildman–Crippen LogP) is 3.80. The molecule has 102 valence electrons. The van der Waals surface area contributed by atoms with E-state index in [1.54, 1.807) is 7.05 Å². The van der Waals surface area contributed by atoms with Gasteiger partial charge in [0.2, 0.25) is 0 Å². The van der Waals surface area contributed by atoms with Crippen LogP contribution >= 0.6 is 0 Å². The minimum Gasteiger partial charge on any atom is -0.338 e. The summed E-state index contributed by atoms with van der Waals surface area (Å²) < 4.78 is 13.8. The van der Waals surface area contributed by atoms with E-state index in [1.807, 2.05) is 20.8 Å². The molecular formula is C14H28FNO. The maximum Gasteiger partial charge on any atom is 0.257 e. The molecule has 0 heterocycles. The van der Waals surface area contributed by atoms with E-state index in [2.05, 4.69) is 20.8 Å². The number of halogens is 1. The summed E-state index contributed by atoms with van der Waals surface area (Å²) in [6, 6.07) is 0. The van der Waals surface area contributed by atoms with Crippen molar-refractivity contribution in [2.45, 2.75) is 72.5 Å². The van der Waals surface area contributed by atoms with Gasteiger partial charge in [-0.1, -0.05) is 20.8 Å². The maximum atomic E-state index is 13.8. The maximum absolute atomic E-state index is 13.8. The quantitative estimate of drug-likeness (QED) is 0.737. The molecule has 0 saturated heterocycles. The van der Waals surface area contributed by atoms with Gasteiger partial charge in [-0.05, 0) is 45.4 Å². The van der Waals surface area contributed by atoms with Crippen LogP contribution in [0.4, 0.5) is 4.39 Å². The van der Waals surface area contributed by atoms with Gasteiger partial charge < -0.3 is 4.90 Å². The summed E-state index contributed by atoms with van der Waals surface area (Å²) in [6.07, 6.45) is 0.673. The topological polar surface area (TPSA) is 20.3 Å². The molecule has 0 radical (unpaired) electrons. The Bertz CT molecular complexity index is 250. The molecule has 1 amide bonds. The van der Waals surface area contributed by atoms with Crippen LogP contribution in [0.3, 0.4) is 0 Å². The van der Waals surface area contributed by atoms with Gasteiger partial charge in [-0.2, -0.15) is 0 Å². The van der Waals surface area contributed by atoms with Gasteiger partial charge in [0.05, 0.1) is 0 Å². The van der Waals surface area contributed by atoms with Crippen molar-refractivity contribution >= 4 is 5.91 Å². The lowest BCUT2D eigenvalue weighted by Gasteiger charge is -2.33. The molecule has 0 aliphatic rings. The van der Waals surface area contributed by atoms with Crippen LogP contribution in [0, 0.1) is 5.41 Å². The zero-order valence-electron chi connectivity index (χ0n) is 12.4. The molecule has 1 atom stereocenters. The zero-order chi connectivity index (χ0) is 13.9. The summed E-state index contributed by atoms with van der Waals surface area (Å²) in [5.74, 6) is -0.397. The predicted molar refractivity (Wildman–Crippen MR) is 70.7 cm³/mol. The molecule has 17 heavy (non-hydrogen) atoms. The Morgan fingerprint density at radius 3 is 2.00 bits per heavy atom. The molecule has 0 rings (SSSR count). The summed E-state index contributed by atoms with van der Waals surface area (Å²) in [4.78, 5) is 13.3. The van der Waals surface area contributed by atoms with Crippen LogP contribution in [-0.4, -0.2) is 29.6 Å². The molecule has 0 unspecified atom stereocenters. The molecule has 0 aromatic heterocycles. The molecular weight excluding hydrogens is 217 g/mol. The van der Waals surface area contributed by atoms with Crippen molar-refractivity contribution in [1.82, 2.24) is 4.90 Å². The number of nitrogens with zero attached hydrogens (tertiary/aromatic N) is 1. The fourth-order valence-corrected chi connectivity index (χ4v) is 1.48. The zero-order valence-corrected chi connectivity index (χ0v) is 12.4. The Kier molecular flexibility index (Phi) is 5.63. The van der Waals surface area contributed by atoms with Crippen LogP contribution in [0.1, 0.15) is 60.8 Å². The van der Waals surface area contributed by atoms with Crippen LogP contribution in [0.2, 0.25) is 0 Å². The highest BCUT2D eigenvalue weighted by Gasteiger charge is 2.28. The average molecular weight is 245 g/mol. The van der Waals surface area contributed by atoms with Crippen molar-refractivity contribution in [2.75, 3.05) is 7.05 Å². The van der Waals surface area contributed by atoms with Crippen molar-refractivity contribution in [3.63, 3.8) is 0 Å². The molecule has 0 aromatic rings. The van der Waals surface area contributed by atoms with Crippen LogP contribution < -0.4 is 0 Å². The second-order valence-corrected chi connectivity index (χ2v) is 6.99. The highest BCUT2D eigenvalue weighted by atomic mass is 19.1. The second-order valence-electron chi connectivity index (χ2n) is 6.99. The monoisotopic (exact) mass is 245 g/mol. The fraction of sp³-hybridized carbons (Fsp3) is 0.929. The number of alkyl halides is 1. The second kappa shape index (κ2) is 5.83. The molecule has 0 aromatic carbocycles. The van der Waals surface area contributed by atoms with Crippen molar-refractivity contribution in [1.29, 1.82) is 0 Å². The van der Waals surface area contributed by atoms with Crippen LogP contribution in [0.5, 0.6) is 0 Å². The van der Waals surface area contributed by atoms with E-state index in [0.29, 0.717) is 6.42 Å². The van der Waals surface area contributed by atoms with Crippen LogP contribution in [-0.2, 0) is 4.79 Å². The molecule has 2 nitrogen and oxygen atoms in total. The normalized spacial score (nSPS) is 14.6. The number of rotatable bonds is 4. The van der Waals surface area contributed by atoms with Crippen LogP contribution in [0.25, 0.3) is 0 Å². The fourth-order valence-electron chi connectivity index (χ4n) is 1.48. The Morgan fingerprint density at radius 2 is 1.65 bits per heavy atom. The largest absolute Gasteiger partial charge is 0.338 e. The van der Waals surface area contributed by atoms with E-state index in [9.17, 15) is 9.18 Å². The number of carbonyl (C=O) groups excluding carboxylic acids is 1. The van der Waals surface area contributed by atoms with E-state index in [-0.39, 0.29) is 11.0 Å². The Hall–Kier alpha value is -0.600. The lowest BCUT2D eigenvalue weighted by atomic mass is 9.89. The van der Waals surface area contributed by atoms with Gasteiger partial charge in [-0.15, -0.1) is 0 Å². The third kappa shape index (κ3) is 6.64. The Morgan fingerprint density at radius 1 is 1.18 bits per heavy atom. The van der Waals surface area contributed by atoms with Crippen LogP contribution in [0.15, 0.2) is 0 Å². The van der Waals surface area contributed by atoms with E-state index < -0.39 is 12.1 Å². The third-order valence-corrected chi connectivity index (χ3v) is 2.99. The number of amides is 1. The molecule has 0 fully saturated rings. The molecule has 0 aliphatic carbocycles. The summed E-state index contributed by atoms with van der Waals surface area (Å²) >= 11 is 0. The first-order valence-corrected chi connectivity index (χ1v) is 6.37. The first kappa shape index (κ1) is 16.4. The van der Waals surface area contributed by atoms with Gasteiger partial charge in [0.1, 0.15) is 0 Å². The highest BCUT2D eigenvalue weighted by molar-refractivity contribution is 5.81. The Labute approximate surface area is 106 Å². The third-order valence-electron chi connectivity index (χ3n) is 2.99. The van der Waals surface area contributed by atoms with E-state index in [4.69, 9.17) is 0 Å². The van der Waals surface area contributed by atoms with Crippen molar-refractivity contribution in [2.24, 2.45) is 5.41 Å². The molecule has 0 bridgehead atoms. The number of carbonyl (C=O) groups is 1. The van der Waals surface area contributed by atoms with Gasteiger partial charge in [0, 0.05) is 12.6 Å². The van der Waals surface area contributed by atoms with Crippen molar-refractivity contribution in [3.05, 3.63) is 0 Å². The molecule has 3 heteroatoms. The van der Waals surface area contributed by atoms with Gasteiger partial charge in [0.15, 0.2) is 6.17 Å². The number of hydrogen-bond acceptors (Lipinski definition) is 1. The summed E-state index contributed by atoms with van der Waals surface area (Å²) in [5.41, 5.74) is -0.107. The van der Waals surface area contributed by atoms with Gasteiger partial charge in [-0.25, -0.2) is 4.39 Å². The molecule has 0 saturated carbocycles. The first-order valence-electron chi connectivity index (χ1n) is 6.37. The van der Waals surface area contributed by atoms with E-state index >= 15 is 0 Å². The average Bonchev–Trinajstić information content (AvgIpc) is 2.11. The lowest BCUT2D eigenvalue weighted by molar-refractivity contribution is -0.139. The minimum absolute atomic E-state index is 0.207. The summed E-state index contributed by atoms with van der Waals surface area (Å²) in [7, 11) is 1.67. The summed E-state index contributed by atoms with van der Waals surface area (Å²) in [6.45, 7) is 12.1. The van der Waals surface area contributed by atoms with Gasteiger partial charge >= 0.3 is 0 Å². The smallest absolute Gasteiger partial charge is 0.257 e. The van der Waals surface area contributed by atoms with Gasteiger partial charge in [-0.3, -0.25) is 4.79 Å². The van der Waals surface area contributed by atoms with E-state index in [1.165, 1.54) is 4.90 Å². The first-order chi connectivity index (χ1) is 7.45. The SMILES string of the molecule is CN(C(=O)[C@H](F)CCCC(C)(C)C)C(C)(C)C. The number of hydrogen-bond donors (Lipinski definition) is 0. The molecule has 0 spiro atoms. The molecule has 0 N–H and O–H groups in total. The Balaban J connectivity index is 4.16. The summed E-state index contributed by atoms with van der Waals surface area (Å²) in [5, 5.41) is 0. The van der Waals surface area contributed by atoms with Crippen molar-refractivity contribution < 1.29 is 9.18 Å². The molecule has 0 aliphatic heterocycles.